The number of alkyl halides is 3. The summed E-state index contributed by atoms with van der Waals surface area (Å²) >= 11 is 0. The minimum absolute atomic E-state index is 0.0930. The molecule has 1 fully saturated rings. The van der Waals surface area contributed by atoms with Crippen LogP contribution in [0.5, 0.6) is 0 Å². The van der Waals surface area contributed by atoms with E-state index in [2.05, 4.69) is 10.3 Å². The highest BCUT2D eigenvalue weighted by molar-refractivity contribution is 6.00. The van der Waals surface area contributed by atoms with E-state index in [-0.39, 0.29) is 11.1 Å². The number of benzene rings is 1. The number of amides is 2. The van der Waals surface area contributed by atoms with Crippen molar-refractivity contribution in [2.45, 2.75) is 17.9 Å². The van der Waals surface area contributed by atoms with E-state index < -0.39 is 41.5 Å². The maximum atomic E-state index is 13.7. The van der Waals surface area contributed by atoms with Gasteiger partial charge in [0.1, 0.15) is 11.7 Å². The molecule has 3 unspecified atom stereocenters. The van der Waals surface area contributed by atoms with Gasteiger partial charge in [0, 0.05) is 18.0 Å². The Morgan fingerprint density at radius 2 is 1.85 bits per heavy atom. The second kappa shape index (κ2) is 6.62. The number of halogens is 4. The van der Waals surface area contributed by atoms with Crippen molar-refractivity contribution in [3.63, 3.8) is 0 Å². The lowest BCUT2D eigenvalue weighted by Crippen LogP contribution is -2.72. The van der Waals surface area contributed by atoms with Crippen molar-refractivity contribution in [2.75, 3.05) is 0 Å². The van der Waals surface area contributed by atoms with Crippen molar-refractivity contribution >= 4 is 11.8 Å². The van der Waals surface area contributed by atoms with Crippen LogP contribution in [0.1, 0.15) is 22.0 Å². The topological polar surface area (TPSA) is 91.3 Å². The number of Topliss-reactive ketones (excluding diaryl/α,β-unsaturated/α-hetero) is 1. The van der Waals surface area contributed by atoms with Gasteiger partial charge in [-0.05, 0) is 35.9 Å². The van der Waals surface area contributed by atoms with Crippen LogP contribution >= 0.6 is 0 Å². The lowest BCUT2D eigenvalue weighted by molar-refractivity contribution is -0.287. The first-order chi connectivity index (χ1) is 12.6. The fourth-order valence-electron chi connectivity index (χ4n) is 2.97. The Balaban J connectivity index is 2.15. The van der Waals surface area contributed by atoms with E-state index in [1.807, 2.05) is 0 Å². The minimum atomic E-state index is -5.36. The van der Waals surface area contributed by atoms with Crippen LogP contribution in [0.25, 0.3) is 0 Å². The highest BCUT2D eigenvalue weighted by Crippen LogP contribution is 2.43. The molecule has 2 amide bonds. The zero-order chi connectivity index (χ0) is 19.8. The summed E-state index contributed by atoms with van der Waals surface area (Å²) in [6, 6.07) is 3.79. The molecule has 1 aliphatic heterocycles. The third-order valence-corrected chi connectivity index (χ3v) is 4.26. The summed E-state index contributed by atoms with van der Waals surface area (Å²) < 4.78 is 54.1. The smallest absolute Gasteiger partial charge is 0.363 e. The molecular formula is C17H13F4N3O3. The molecule has 1 aromatic heterocycles. The van der Waals surface area contributed by atoms with Crippen molar-refractivity contribution in [1.29, 1.82) is 0 Å². The van der Waals surface area contributed by atoms with E-state index in [9.17, 15) is 32.3 Å². The molecule has 142 valence electrons. The van der Waals surface area contributed by atoms with Gasteiger partial charge in [-0.15, -0.1) is 0 Å². The van der Waals surface area contributed by atoms with Gasteiger partial charge >= 0.3 is 12.2 Å². The van der Waals surface area contributed by atoms with Gasteiger partial charge in [-0.2, -0.15) is 13.2 Å². The number of ketones is 1. The lowest BCUT2D eigenvalue weighted by Gasteiger charge is -2.44. The number of rotatable bonds is 3. The second-order valence-corrected chi connectivity index (χ2v) is 5.98. The number of nitrogens with zero attached hydrogens (tertiary/aromatic N) is 1. The molecular weight excluding hydrogens is 370 g/mol. The molecule has 0 spiro atoms. The number of carbonyl (C=O) groups excluding carboxylic acids is 2. The molecule has 1 aliphatic rings. The second-order valence-electron chi connectivity index (χ2n) is 5.98. The molecule has 0 bridgehead atoms. The molecule has 2 heterocycles. The van der Waals surface area contributed by atoms with Crippen molar-refractivity contribution in [3.8, 4) is 0 Å². The summed E-state index contributed by atoms with van der Waals surface area (Å²) in [4.78, 5) is 28.4. The van der Waals surface area contributed by atoms with E-state index in [1.54, 1.807) is 0 Å². The van der Waals surface area contributed by atoms with Gasteiger partial charge in [0.25, 0.3) is 0 Å². The Morgan fingerprint density at radius 3 is 2.41 bits per heavy atom. The number of aliphatic hydroxyl groups is 1. The number of hydrogen-bond acceptors (Lipinski definition) is 4. The molecule has 3 atom stereocenters. The van der Waals surface area contributed by atoms with Crippen LogP contribution < -0.4 is 10.6 Å². The van der Waals surface area contributed by atoms with Crippen LogP contribution in [0, 0.1) is 11.7 Å². The number of pyridine rings is 1. The van der Waals surface area contributed by atoms with E-state index in [0.29, 0.717) is 0 Å². The number of aromatic nitrogens is 1. The highest BCUT2D eigenvalue weighted by Gasteiger charge is 2.66. The number of carbonyl (C=O) groups is 2. The van der Waals surface area contributed by atoms with Crippen molar-refractivity contribution in [3.05, 3.63) is 65.7 Å². The normalized spacial score (nSPS) is 25.4. The maximum Gasteiger partial charge on any atom is 0.437 e. The van der Waals surface area contributed by atoms with Gasteiger partial charge in [-0.25, -0.2) is 9.18 Å². The Bertz CT molecular complexity index is 858. The van der Waals surface area contributed by atoms with Gasteiger partial charge in [0.05, 0.1) is 6.04 Å². The van der Waals surface area contributed by atoms with E-state index in [4.69, 9.17) is 0 Å². The van der Waals surface area contributed by atoms with Gasteiger partial charge in [-0.3, -0.25) is 9.78 Å². The summed E-state index contributed by atoms with van der Waals surface area (Å²) in [7, 11) is 0. The highest BCUT2D eigenvalue weighted by atomic mass is 19.4. The van der Waals surface area contributed by atoms with Gasteiger partial charge in [0.15, 0.2) is 5.78 Å². The molecule has 0 saturated carbocycles. The SMILES string of the molecule is O=C1NC(c2cccnc2)C(C(=O)c2ccc(F)cc2)C(O)(C(F)(F)F)N1. The molecule has 6 nitrogen and oxygen atoms in total. The van der Waals surface area contributed by atoms with Crippen molar-refractivity contribution < 1.29 is 32.3 Å². The van der Waals surface area contributed by atoms with Crippen molar-refractivity contribution in [2.24, 2.45) is 5.92 Å². The van der Waals surface area contributed by atoms with E-state index >= 15 is 0 Å². The third-order valence-electron chi connectivity index (χ3n) is 4.26. The predicted octanol–water partition coefficient (Wildman–Crippen LogP) is 2.32. The van der Waals surface area contributed by atoms with Crippen LogP contribution in [0.15, 0.2) is 48.8 Å². The molecule has 1 aromatic carbocycles. The molecule has 10 heteroatoms. The van der Waals surface area contributed by atoms with Crippen molar-refractivity contribution in [1.82, 2.24) is 15.6 Å². The Morgan fingerprint density at radius 1 is 1.19 bits per heavy atom. The minimum Gasteiger partial charge on any atom is -0.363 e. The summed E-state index contributed by atoms with van der Waals surface area (Å²) in [6.45, 7) is 0. The predicted molar refractivity (Wildman–Crippen MR) is 83.9 cm³/mol. The molecule has 2 aromatic rings. The van der Waals surface area contributed by atoms with E-state index in [0.717, 1.165) is 24.3 Å². The first-order valence-corrected chi connectivity index (χ1v) is 7.71. The first-order valence-electron chi connectivity index (χ1n) is 7.71. The zero-order valence-electron chi connectivity index (χ0n) is 13.5. The standard InChI is InChI=1S/C17H13F4N3O3/c18-11-5-3-9(4-6-11)14(25)12-13(10-2-1-7-22-8-10)23-15(26)24-16(12,27)17(19,20)21/h1-8,12-13,27H,(H2,23,24,26). The molecule has 3 rings (SSSR count). The molecule has 27 heavy (non-hydrogen) atoms. The zero-order valence-corrected chi connectivity index (χ0v) is 13.5. The Labute approximate surface area is 150 Å². The number of nitrogens with one attached hydrogen (secondary N) is 2. The van der Waals surface area contributed by atoms with Crippen LogP contribution in [0.4, 0.5) is 22.4 Å². The number of hydrogen-bond donors (Lipinski definition) is 3. The average molecular weight is 383 g/mol. The summed E-state index contributed by atoms with van der Waals surface area (Å²) in [5.74, 6) is -3.99. The van der Waals surface area contributed by atoms with Crippen LogP contribution in [-0.2, 0) is 0 Å². The third kappa shape index (κ3) is 3.35. The van der Waals surface area contributed by atoms with Crippen LogP contribution in [0.3, 0.4) is 0 Å². The molecule has 1 saturated heterocycles. The van der Waals surface area contributed by atoms with Gasteiger partial charge < -0.3 is 15.7 Å². The quantitative estimate of drug-likeness (QED) is 0.561. The van der Waals surface area contributed by atoms with E-state index in [1.165, 1.54) is 29.8 Å². The first kappa shape index (κ1) is 18.8. The molecule has 3 N–H and O–H groups in total. The summed E-state index contributed by atoms with van der Waals surface area (Å²) in [6.07, 6.45) is -2.82. The largest absolute Gasteiger partial charge is 0.437 e. The summed E-state index contributed by atoms with van der Waals surface area (Å²) in [5.41, 5.74) is -3.99. The Kier molecular flexibility index (Phi) is 4.60. The lowest BCUT2D eigenvalue weighted by atomic mass is 9.77. The monoisotopic (exact) mass is 383 g/mol. The molecule has 0 radical (unpaired) electrons. The fraction of sp³-hybridized carbons (Fsp3) is 0.235. The van der Waals surface area contributed by atoms with Gasteiger partial charge in [-0.1, -0.05) is 6.07 Å². The van der Waals surface area contributed by atoms with Crippen LogP contribution in [0.2, 0.25) is 0 Å². The Hall–Kier alpha value is -3.01. The summed E-state index contributed by atoms with van der Waals surface area (Å²) in [5, 5.41) is 14.0. The number of urea groups is 1. The maximum absolute atomic E-state index is 13.7. The molecule has 0 aliphatic carbocycles. The van der Waals surface area contributed by atoms with Crippen LogP contribution in [-0.4, -0.2) is 33.8 Å². The van der Waals surface area contributed by atoms with Gasteiger partial charge in [0.2, 0.25) is 5.72 Å². The average Bonchev–Trinajstić information content (AvgIpc) is 2.61. The fourth-order valence-corrected chi connectivity index (χ4v) is 2.97.